The SMILES string of the molecule is Cc1cc(F)cc(C(=O)Nc2cccc(S(N)(=O)=O)c2)c1. The van der Waals surface area contributed by atoms with Gasteiger partial charge in [0.25, 0.3) is 5.91 Å². The van der Waals surface area contributed by atoms with Crippen molar-refractivity contribution in [2.75, 3.05) is 5.32 Å². The minimum Gasteiger partial charge on any atom is -0.322 e. The maximum Gasteiger partial charge on any atom is 0.255 e. The Balaban J connectivity index is 2.28. The zero-order valence-electron chi connectivity index (χ0n) is 11.1. The Kier molecular flexibility index (Phi) is 4.06. The molecular weight excluding hydrogens is 295 g/mol. The number of carbonyl (C=O) groups excluding carboxylic acids is 1. The summed E-state index contributed by atoms with van der Waals surface area (Å²) in [4.78, 5) is 11.9. The second-order valence-corrected chi connectivity index (χ2v) is 6.11. The van der Waals surface area contributed by atoms with E-state index in [1.165, 1.54) is 36.4 Å². The maximum absolute atomic E-state index is 13.3. The first-order chi connectivity index (χ1) is 9.75. The average Bonchev–Trinajstić information content (AvgIpc) is 2.37. The Hall–Kier alpha value is -2.25. The van der Waals surface area contributed by atoms with Gasteiger partial charge in [-0.15, -0.1) is 0 Å². The molecule has 0 saturated carbocycles. The Bertz CT molecular complexity index is 783. The molecule has 2 aromatic carbocycles. The molecule has 0 saturated heterocycles. The van der Waals surface area contributed by atoms with Gasteiger partial charge in [0.1, 0.15) is 5.82 Å². The normalized spacial score (nSPS) is 11.2. The highest BCUT2D eigenvalue weighted by molar-refractivity contribution is 7.89. The van der Waals surface area contributed by atoms with Crippen molar-refractivity contribution in [2.45, 2.75) is 11.8 Å². The molecule has 0 bridgehead atoms. The van der Waals surface area contributed by atoms with Gasteiger partial charge in [-0.25, -0.2) is 17.9 Å². The monoisotopic (exact) mass is 308 g/mol. The second-order valence-electron chi connectivity index (χ2n) is 4.54. The highest BCUT2D eigenvalue weighted by Crippen LogP contribution is 2.16. The van der Waals surface area contributed by atoms with Gasteiger partial charge in [-0.2, -0.15) is 0 Å². The maximum atomic E-state index is 13.3. The van der Waals surface area contributed by atoms with Crippen molar-refractivity contribution >= 4 is 21.6 Å². The summed E-state index contributed by atoms with van der Waals surface area (Å²) in [6.07, 6.45) is 0. The standard InChI is InChI=1S/C14H13FN2O3S/c1-9-5-10(7-11(15)6-9)14(18)17-12-3-2-4-13(8-12)21(16,19)20/h2-8H,1H3,(H,17,18)(H2,16,19,20). The molecule has 110 valence electrons. The van der Waals surface area contributed by atoms with Crippen LogP contribution in [0.25, 0.3) is 0 Å². The summed E-state index contributed by atoms with van der Waals surface area (Å²) in [6, 6.07) is 9.45. The fourth-order valence-corrected chi connectivity index (χ4v) is 2.38. The van der Waals surface area contributed by atoms with Crippen LogP contribution < -0.4 is 10.5 Å². The number of anilines is 1. The lowest BCUT2D eigenvalue weighted by Crippen LogP contribution is -2.15. The second kappa shape index (κ2) is 5.63. The molecule has 0 heterocycles. The number of hydrogen-bond donors (Lipinski definition) is 2. The van der Waals surface area contributed by atoms with E-state index < -0.39 is 21.7 Å². The van der Waals surface area contributed by atoms with Crippen molar-refractivity contribution < 1.29 is 17.6 Å². The molecule has 2 aromatic rings. The quantitative estimate of drug-likeness (QED) is 0.909. The topological polar surface area (TPSA) is 89.3 Å². The van der Waals surface area contributed by atoms with Gasteiger partial charge >= 0.3 is 0 Å². The Morgan fingerprint density at radius 3 is 2.52 bits per heavy atom. The molecule has 0 atom stereocenters. The number of sulfonamides is 1. The molecule has 0 fully saturated rings. The predicted octanol–water partition coefficient (Wildman–Crippen LogP) is 2.03. The number of benzene rings is 2. The number of aryl methyl sites for hydroxylation is 1. The van der Waals surface area contributed by atoms with Crippen molar-refractivity contribution in [3.8, 4) is 0 Å². The van der Waals surface area contributed by atoms with Gasteiger partial charge in [0.15, 0.2) is 0 Å². The lowest BCUT2D eigenvalue weighted by molar-refractivity contribution is 0.102. The minimum atomic E-state index is -3.85. The van der Waals surface area contributed by atoms with E-state index in [4.69, 9.17) is 5.14 Å². The van der Waals surface area contributed by atoms with Crippen LogP contribution in [0.5, 0.6) is 0 Å². The van der Waals surface area contributed by atoms with E-state index in [1.54, 1.807) is 6.92 Å². The van der Waals surface area contributed by atoms with E-state index in [2.05, 4.69) is 5.32 Å². The smallest absolute Gasteiger partial charge is 0.255 e. The number of carbonyl (C=O) groups is 1. The van der Waals surface area contributed by atoms with Gasteiger partial charge in [-0.05, 0) is 48.9 Å². The molecular formula is C14H13FN2O3S. The third-order valence-corrected chi connectivity index (χ3v) is 3.64. The zero-order chi connectivity index (χ0) is 15.6. The summed E-state index contributed by atoms with van der Waals surface area (Å²) in [5.41, 5.74) is 1.01. The highest BCUT2D eigenvalue weighted by atomic mass is 32.2. The van der Waals surface area contributed by atoms with Gasteiger partial charge in [0.05, 0.1) is 4.90 Å². The fourth-order valence-electron chi connectivity index (χ4n) is 1.82. The predicted molar refractivity (Wildman–Crippen MR) is 76.9 cm³/mol. The number of hydrogen-bond acceptors (Lipinski definition) is 3. The molecule has 0 aliphatic carbocycles. The summed E-state index contributed by atoms with van der Waals surface area (Å²) in [5, 5.41) is 7.52. The summed E-state index contributed by atoms with van der Waals surface area (Å²) < 4.78 is 35.8. The lowest BCUT2D eigenvalue weighted by atomic mass is 10.1. The molecule has 0 aliphatic heterocycles. The molecule has 1 amide bonds. The molecule has 0 aromatic heterocycles. The Labute approximate surface area is 121 Å². The fraction of sp³-hybridized carbons (Fsp3) is 0.0714. The lowest BCUT2D eigenvalue weighted by Gasteiger charge is -2.07. The Morgan fingerprint density at radius 2 is 1.90 bits per heavy atom. The summed E-state index contributed by atoms with van der Waals surface area (Å²) in [5.74, 6) is -1.05. The summed E-state index contributed by atoms with van der Waals surface area (Å²) >= 11 is 0. The first-order valence-corrected chi connectivity index (χ1v) is 7.52. The van der Waals surface area contributed by atoms with Gasteiger partial charge in [-0.3, -0.25) is 4.79 Å². The molecule has 7 heteroatoms. The molecule has 5 nitrogen and oxygen atoms in total. The first-order valence-electron chi connectivity index (χ1n) is 5.97. The third-order valence-electron chi connectivity index (χ3n) is 2.72. The molecule has 21 heavy (non-hydrogen) atoms. The van der Waals surface area contributed by atoms with E-state index in [0.717, 1.165) is 6.07 Å². The number of amides is 1. The number of nitrogens with two attached hydrogens (primary N) is 1. The first kappa shape index (κ1) is 15.1. The van der Waals surface area contributed by atoms with Crippen LogP contribution in [0.3, 0.4) is 0 Å². The highest BCUT2D eigenvalue weighted by Gasteiger charge is 2.11. The third kappa shape index (κ3) is 3.87. The number of rotatable bonds is 3. The van der Waals surface area contributed by atoms with E-state index in [-0.39, 0.29) is 16.1 Å². The summed E-state index contributed by atoms with van der Waals surface area (Å²) in [6.45, 7) is 1.67. The van der Waals surface area contributed by atoms with Crippen LogP contribution in [-0.2, 0) is 10.0 Å². The van der Waals surface area contributed by atoms with Crippen molar-refractivity contribution in [2.24, 2.45) is 5.14 Å². The number of primary sulfonamides is 1. The molecule has 0 spiro atoms. The van der Waals surface area contributed by atoms with Crippen LogP contribution in [0, 0.1) is 12.7 Å². The molecule has 3 N–H and O–H groups in total. The zero-order valence-corrected chi connectivity index (χ0v) is 11.9. The van der Waals surface area contributed by atoms with Crippen LogP contribution in [0.2, 0.25) is 0 Å². The van der Waals surface area contributed by atoms with E-state index in [1.807, 2.05) is 0 Å². The van der Waals surface area contributed by atoms with E-state index >= 15 is 0 Å². The van der Waals surface area contributed by atoms with E-state index in [0.29, 0.717) is 5.56 Å². The van der Waals surface area contributed by atoms with Crippen LogP contribution >= 0.6 is 0 Å². The number of halogens is 1. The van der Waals surface area contributed by atoms with Crippen molar-refractivity contribution in [3.05, 3.63) is 59.4 Å². The van der Waals surface area contributed by atoms with Gasteiger partial charge in [0, 0.05) is 11.3 Å². The van der Waals surface area contributed by atoms with Crippen molar-refractivity contribution in [1.29, 1.82) is 0 Å². The van der Waals surface area contributed by atoms with Gasteiger partial charge in [-0.1, -0.05) is 6.07 Å². The van der Waals surface area contributed by atoms with Crippen LogP contribution in [0.1, 0.15) is 15.9 Å². The molecule has 0 unspecified atom stereocenters. The average molecular weight is 308 g/mol. The molecule has 2 rings (SSSR count). The summed E-state index contributed by atoms with van der Waals surface area (Å²) in [7, 11) is -3.85. The van der Waals surface area contributed by atoms with Crippen LogP contribution in [0.15, 0.2) is 47.4 Å². The van der Waals surface area contributed by atoms with Crippen LogP contribution in [0.4, 0.5) is 10.1 Å². The number of nitrogens with one attached hydrogen (secondary N) is 1. The van der Waals surface area contributed by atoms with Crippen LogP contribution in [-0.4, -0.2) is 14.3 Å². The van der Waals surface area contributed by atoms with Gasteiger partial charge < -0.3 is 5.32 Å². The van der Waals surface area contributed by atoms with Gasteiger partial charge in [0.2, 0.25) is 10.0 Å². The molecule has 0 radical (unpaired) electrons. The largest absolute Gasteiger partial charge is 0.322 e. The minimum absolute atomic E-state index is 0.115. The molecule has 0 aliphatic rings. The van der Waals surface area contributed by atoms with Crippen molar-refractivity contribution in [3.63, 3.8) is 0 Å². The van der Waals surface area contributed by atoms with Crippen molar-refractivity contribution in [1.82, 2.24) is 0 Å². The Morgan fingerprint density at radius 1 is 1.19 bits per heavy atom. The van der Waals surface area contributed by atoms with E-state index in [9.17, 15) is 17.6 Å².